The highest BCUT2D eigenvalue weighted by atomic mass is 16.5. The predicted molar refractivity (Wildman–Crippen MR) is 110 cm³/mol. The molecule has 0 saturated heterocycles. The van der Waals surface area contributed by atoms with E-state index >= 15 is 0 Å². The van der Waals surface area contributed by atoms with E-state index in [-0.39, 0.29) is 24.4 Å². The second-order valence-electron chi connectivity index (χ2n) is 6.92. The Morgan fingerprint density at radius 3 is 2.68 bits per heavy atom. The fourth-order valence-corrected chi connectivity index (χ4v) is 3.29. The van der Waals surface area contributed by atoms with Crippen LogP contribution < -0.4 is 15.6 Å². The maximum Gasteiger partial charge on any atom is 0.258 e. The summed E-state index contributed by atoms with van der Waals surface area (Å²) in [5, 5.41) is 13.6. The van der Waals surface area contributed by atoms with Crippen LogP contribution in [0.2, 0.25) is 0 Å². The Morgan fingerprint density at radius 2 is 2.00 bits per heavy atom. The highest BCUT2D eigenvalue weighted by Gasteiger charge is 2.11. The van der Waals surface area contributed by atoms with Gasteiger partial charge in [0.1, 0.15) is 5.75 Å². The molecule has 1 atom stereocenters. The van der Waals surface area contributed by atoms with Gasteiger partial charge in [-0.3, -0.25) is 9.59 Å². The monoisotopic (exact) mass is 380 g/mol. The highest BCUT2D eigenvalue weighted by molar-refractivity contribution is 6.02. The summed E-state index contributed by atoms with van der Waals surface area (Å²) in [5.41, 5.74) is 2.25. The highest BCUT2D eigenvalue weighted by Crippen LogP contribution is 2.22. The molecule has 3 aromatic rings. The van der Waals surface area contributed by atoms with Gasteiger partial charge in [-0.1, -0.05) is 18.2 Å². The maximum absolute atomic E-state index is 12.6. The van der Waals surface area contributed by atoms with Crippen LogP contribution in [0.1, 0.15) is 18.1 Å². The number of nitrogens with zero attached hydrogens (tertiary/aromatic N) is 1. The van der Waals surface area contributed by atoms with Crippen LogP contribution >= 0.6 is 0 Å². The SMILES string of the molecule is COc1ccc(CC(=O)Nc2cccc3c(=O)n(CC(C)O)ccc23)cc1C. The third kappa shape index (κ3) is 4.23. The number of aliphatic hydroxyl groups excluding tert-OH is 1. The van der Waals surface area contributed by atoms with E-state index < -0.39 is 6.10 Å². The van der Waals surface area contributed by atoms with Crippen LogP contribution in [-0.4, -0.2) is 28.8 Å². The van der Waals surface area contributed by atoms with Gasteiger partial charge in [-0.25, -0.2) is 0 Å². The van der Waals surface area contributed by atoms with Crippen molar-refractivity contribution in [2.75, 3.05) is 12.4 Å². The summed E-state index contributed by atoms with van der Waals surface area (Å²) < 4.78 is 6.72. The molecule has 146 valence electrons. The number of ether oxygens (including phenoxy) is 1. The van der Waals surface area contributed by atoms with Gasteiger partial charge in [0.25, 0.3) is 5.56 Å². The number of hydrogen-bond acceptors (Lipinski definition) is 4. The van der Waals surface area contributed by atoms with Gasteiger partial charge < -0.3 is 19.7 Å². The van der Waals surface area contributed by atoms with Crippen molar-refractivity contribution in [2.45, 2.75) is 32.9 Å². The molecule has 0 bridgehead atoms. The molecule has 1 aromatic heterocycles. The summed E-state index contributed by atoms with van der Waals surface area (Å²) in [5.74, 6) is 0.622. The summed E-state index contributed by atoms with van der Waals surface area (Å²) in [7, 11) is 1.62. The lowest BCUT2D eigenvalue weighted by Crippen LogP contribution is -2.25. The smallest absolute Gasteiger partial charge is 0.258 e. The van der Waals surface area contributed by atoms with Gasteiger partial charge in [0.2, 0.25) is 5.91 Å². The molecule has 3 rings (SSSR count). The zero-order chi connectivity index (χ0) is 20.3. The van der Waals surface area contributed by atoms with Crippen LogP contribution in [0.3, 0.4) is 0 Å². The normalized spacial score (nSPS) is 12.0. The lowest BCUT2D eigenvalue weighted by molar-refractivity contribution is -0.115. The Bertz CT molecular complexity index is 1070. The van der Waals surface area contributed by atoms with E-state index in [9.17, 15) is 14.7 Å². The van der Waals surface area contributed by atoms with Crippen molar-refractivity contribution in [2.24, 2.45) is 0 Å². The van der Waals surface area contributed by atoms with Crippen LogP contribution in [0.15, 0.2) is 53.5 Å². The fourth-order valence-electron chi connectivity index (χ4n) is 3.29. The molecule has 0 aliphatic heterocycles. The molecule has 1 amide bonds. The van der Waals surface area contributed by atoms with Gasteiger partial charge in [0.15, 0.2) is 0 Å². The van der Waals surface area contributed by atoms with Crippen LogP contribution in [0.4, 0.5) is 5.69 Å². The predicted octanol–water partition coefficient (Wildman–Crippen LogP) is 2.88. The number of fused-ring (bicyclic) bond motifs is 1. The second-order valence-corrected chi connectivity index (χ2v) is 6.92. The second kappa shape index (κ2) is 8.27. The average molecular weight is 380 g/mol. The number of aromatic nitrogens is 1. The Kier molecular flexibility index (Phi) is 5.80. The molecule has 2 N–H and O–H groups in total. The van der Waals surface area contributed by atoms with Gasteiger partial charge in [-0.15, -0.1) is 0 Å². The first kappa shape index (κ1) is 19.6. The van der Waals surface area contributed by atoms with Crippen molar-refractivity contribution in [1.29, 1.82) is 0 Å². The molecule has 0 radical (unpaired) electrons. The van der Waals surface area contributed by atoms with Gasteiger partial charge in [0.05, 0.1) is 26.2 Å². The molecule has 2 aromatic carbocycles. The number of methoxy groups -OCH3 is 1. The number of carbonyl (C=O) groups excluding carboxylic acids is 1. The van der Waals surface area contributed by atoms with Crippen molar-refractivity contribution in [3.05, 3.63) is 70.1 Å². The van der Waals surface area contributed by atoms with Crippen molar-refractivity contribution >= 4 is 22.4 Å². The maximum atomic E-state index is 12.6. The van der Waals surface area contributed by atoms with E-state index in [0.29, 0.717) is 16.5 Å². The largest absolute Gasteiger partial charge is 0.496 e. The molecule has 0 aliphatic carbocycles. The number of hydrogen-bond donors (Lipinski definition) is 2. The van der Waals surface area contributed by atoms with E-state index in [1.165, 1.54) is 4.57 Å². The Balaban J connectivity index is 1.84. The zero-order valence-corrected chi connectivity index (χ0v) is 16.2. The minimum absolute atomic E-state index is 0.162. The van der Waals surface area contributed by atoms with Crippen LogP contribution in [-0.2, 0) is 17.8 Å². The summed E-state index contributed by atoms with van der Waals surface area (Å²) in [6.45, 7) is 3.79. The van der Waals surface area contributed by atoms with Crippen LogP contribution in [0.25, 0.3) is 10.8 Å². The molecule has 1 heterocycles. The van der Waals surface area contributed by atoms with Crippen molar-refractivity contribution in [1.82, 2.24) is 4.57 Å². The summed E-state index contributed by atoms with van der Waals surface area (Å²) >= 11 is 0. The van der Waals surface area contributed by atoms with Crippen molar-refractivity contribution < 1.29 is 14.6 Å². The molecule has 0 fully saturated rings. The molecular formula is C22H24N2O4. The molecule has 0 spiro atoms. The summed E-state index contributed by atoms with van der Waals surface area (Å²) in [6, 6.07) is 12.7. The first-order valence-corrected chi connectivity index (χ1v) is 9.12. The van der Waals surface area contributed by atoms with Crippen molar-refractivity contribution in [3.63, 3.8) is 0 Å². The van der Waals surface area contributed by atoms with Crippen LogP contribution in [0.5, 0.6) is 5.75 Å². The quantitative estimate of drug-likeness (QED) is 0.689. The van der Waals surface area contributed by atoms with Crippen molar-refractivity contribution in [3.8, 4) is 5.75 Å². The Hall–Kier alpha value is -3.12. The minimum atomic E-state index is -0.619. The van der Waals surface area contributed by atoms with Gasteiger partial charge in [0, 0.05) is 22.7 Å². The van der Waals surface area contributed by atoms with E-state index in [2.05, 4.69) is 5.32 Å². The third-order valence-corrected chi connectivity index (χ3v) is 4.58. The molecule has 0 aliphatic rings. The Labute approximate surface area is 163 Å². The number of pyridine rings is 1. The van der Waals surface area contributed by atoms with Crippen LogP contribution in [0, 0.1) is 6.92 Å². The summed E-state index contributed by atoms with van der Waals surface area (Å²) in [4.78, 5) is 25.1. The van der Waals surface area contributed by atoms with Gasteiger partial charge >= 0.3 is 0 Å². The topological polar surface area (TPSA) is 80.6 Å². The average Bonchev–Trinajstić information content (AvgIpc) is 2.64. The van der Waals surface area contributed by atoms with E-state index in [1.54, 1.807) is 44.5 Å². The number of anilines is 1. The lowest BCUT2D eigenvalue weighted by Gasteiger charge is -2.12. The first-order chi connectivity index (χ1) is 13.4. The van der Waals surface area contributed by atoms with E-state index in [1.807, 2.05) is 25.1 Å². The number of nitrogens with one attached hydrogen (secondary N) is 1. The minimum Gasteiger partial charge on any atom is -0.496 e. The van der Waals surface area contributed by atoms with Gasteiger partial charge in [-0.05, 0) is 49.2 Å². The molecular weight excluding hydrogens is 356 g/mol. The third-order valence-electron chi connectivity index (χ3n) is 4.58. The number of benzene rings is 2. The first-order valence-electron chi connectivity index (χ1n) is 9.12. The van der Waals surface area contributed by atoms with E-state index in [0.717, 1.165) is 16.9 Å². The lowest BCUT2D eigenvalue weighted by atomic mass is 10.1. The molecule has 6 heteroatoms. The molecule has 6 nitrogen and oxygen atoms in total. The number of rotatable bonds is 6. The van der Waals surface area contributed by atoms with Gasteiger partial charge in [-0.2, -0.15) is 0 Å². The molecule has 1 unspecified atom stereocenters. The standard InChI is InChI=1S/C22H24N2O4/c1-14-11-16(7-8-20(14)28-3)12-21(26)23-19-6-4-5-18-17(19)9-10-24(22(18)27)13-15(2)25/h4-11,15,25H,12-13H2,1-3H3,(H,23,26). The molecule has 0 saturated carbocycles. The Morgan fingerprint density at radius 1 is 1.21 bits per heavy atom. The fraction of sp³-hybridized carbons (Fsp3) is 0.273. The van der Waals surface area contributed by atoms with E-state index in [4.69, 9.17) is 4.74 Å². The zero-order valence-electron chi connectivity index (χ0n) is 16.2. The number of aliphatic hydroxyl groups is 1. The molecule has 28 heavy (non-hydrogen) atoms. The number of amides is 1. The number of carbonyl (C=O) groups is 1. The summed E-state index contributed by atoms with van der Waals surface area (Å²) in [6.07, 6.45) is 1.24. The number of aryl methyl sites for hydroxylation is 1.